The fourth-order valence-corrected chi connectivity index (χ4v) is 2.89. The molecule has 0 aliphatic carbocycles. The molecule has 0 aliphatic rings. The van der Waals surface area contributed by atoms with E-state index in [1.807, 2.05) is 37.3 Å². The summed E-state index contributed by atoms with van der Waals surface area (Å²) < 4.78 is 0. The van der Waals surface area contributed by atoms with Crippen molar-refractivity contribution in [3.05, 3.63) is 58.2 Å². The summed E-state index contributed by atoms with van der Waals surface area (Å²) in [5.74, 6) is 1.45. The van der Waals surface area contributed by atoms with E-state index in [4.69, 9.17) is 0 Å². The molecule has 1 unspecified atom stereocenters. The van der Waals surface area contributed by atoms with E-state index in [2.05, 4.69) is 25.4 Å². The van der Waals surface area contributed by atoms with Gasteiger partial charge < -0.3 is 5.32 Å². The van der Waals surface area contributed by atoms with Crippen LogP contribution in [-0.2, 0) is 0 Å². The number of rotatable bonds is 5. The van der Waals surface area contributed by atoms with Gasteiger partial charge >= 0.3 is 0 Å². The average molecular weight is 325 g/mol. The highest BCUT2D eigenvalue weighted by Crippen LogP contribution is 2.30. The standard InChI is InChI=1S/C16H15N5OS/c1-10-6-7-17-15(8-10)20-14-5-3-4-12(19-14)13-9-18-16(23-13)11(2)21-22/h3-9,11H,1-2H3,(H,17,19,20). The maximum Gasteiger partial charge on any atom is 0.141 e. The van der Waals surface area contributed by atoms with Gasteiger partial charge in [-0.25, -0.2) is 15.0 Å². The second kappa shape index (κ2) is 6.62. The molecule has 0 aliphatic heterocycles. The minimum Gasteiger partial charge on any atom is -0.325 e. The molecule has 0 aromatic carbocycles. The molecule has 1 atom stereocenters. The van der Waals surface area contributed by atoms with Crippen molar-refractivity contribution in [3.8, 4) is 10.6 Å². The van der Waals surface area contributed by atoms with Gasteiger partial charge in [0, 0.05) is 12.4 Å². The molecular formula is C16H15N5OS. The predicted molar refractivity (Wildman–Crippen MR) is 91.8 cm³/mol. The molecule has 6 nitrogen and oxygen atoms in total. The summed E-state index contributed by atoms with van der Waals surface area (Å²) >= 11 is 1.43. The molecular weight excluding hydrogens is 310 g/mol. The van der Waals surface area contributed by atoms with E-state index in [0.717, 1.165) is 22.0 Å². The largest absolute Gasteiger partial charge is 0.325 e. The monoisotopic (exact) mass is 325 g/mol. The van der Waals surface area contributed by atoms with E-state index >= 15 is 0 Å². The summed E-state index contributed by atoms with van der Waals surface area (Å²) in [4.78, 5) is 24.6. The van der Waals surface area contributed by atoms with Gasteiger partial charge in [0.2, 0.25) is 0 Å². The van der Waals surface area contributed by atoms with E-state index in [1.54, 1.807) is 19.3 Å². The van der Waals surface area contributed by atoms with Gasteiger partial charge in [0.15, 0.2) is 0 Å². The zero-order valence-corrected chi connectivity index (χ0v) is 13.5. The van der Waals surface area contributed by atoms with Crippen LogP contribution in [0.5, 0.6) is 0 Å². The number of nitrogens with zero attached hydrogens (tertiary/aromatic N) is 4. The third kappa shape index (κ3) is 3.57. The molecule has 0 bridgehead atoms. The lowest BCUT2D eigenvalue weighted by Crippen LogP contribution is -1.96. The number of pyridine rings is 2. The third-order valence-corrected chi connectivity index (χ3v) is 4.40. The Morgan fingerprint density at radius 2 is 2.09 bits per heavy atom. The Morgan fingerprint density at radius 1 is 1.22 bits per heavy atom. The van der Waals surface area contributed by atoms with Crippen LogP contribution >= 0.6 is 11.3 Å². The van der Waals surface area contributed by atoms with Crippen LogP contribution in [0.2, 0.25) is 0 Å². The normalized spacial score (nSPS) is 11.9. The van der Waals surface area contributed by atoms with Gasteiger partial charge in [-0.15, -0.1) is 11.3 Å². The molecule has 0 radical (unpaired) electrons. The van der Waals surface area contributed by atoms with Crippen molar-refractivity contribution < 1.29 is 0 Å². The Hall–Kier alpha value is -2.67. The predicted octanol–water partition coefficient (Wildman–Crippen LogP) is 4.48. The lowest BCUT2D eigenvalue weighted by Gasteiger charge is -2.06. The van der Waals surface area contributed by atoms with Gasteiger partial charge in [0.25, 0.3) is 0 Å². The van der Waals surface area contributed by atoms with Crippen molar-refractivity contribution in [2.75, 3.05) is 5.32 Å². The second-order valence-corrected chi connectivity index (χ2v) is 6.16. The number of hydrogen-bond donors (Lipinski definition) is 1. The Morgan fingerprint density at radius 3 is 2.87 bits per heavy atom. The van der Waals surface area contributed by atoms with E-state index in [0.29, 0.717) is 10.8 Å². The van der Waals surface area contributed by atoms with Gasteiger partial charge in [-0.3, -0.25) is 0 Å². The van der Waals surface area contributed by atoms with Crippen LogP contribution in [0.25, 0.3) is 10.6 Å². The Kier molecular flexibility index (Phi) is 4.38. The van der Waals surface area contributed by atoms with Gasteiger partial charge in [0.05, 0.1) is 10.6 Å². The quantitative estimate of drug-likeness (QED) is 0.700. The summed E-state index contributed by atoms with van der Waals surface area (Å²) in [5.41, 5.74) is 1.92. The number of aryl methyl sites for hydroxylation is 1. The van der Waals surface area contributed by atoms with Crippen LogP contribution < -0.4 is 5.32 Å². The Labute approximate surface area is 137 Å². The first-order valence-electron chi connectivity index (χ1n) is 7.11. The molecule has 3 rings (SSSR count). The number of aromatic nitrogens is 3. The fraction of sp³-hybridized carbons (Fsp3) is 0.188. The molecule has 0 saturated carbocycles. The molecule has 0 saturated heterocycles. The maximum absolute atomic E-state index is 10.6. The molecule has 1 N–H and O–H groups in total. The van der Waals surface area contributed by atoms with Crippen LogP contribution in [0.1, 0.15) is 23.5 Å². The lowest BCUT2D eigenvalue weighted by atomic mass is 10.3. The smallest absolute Gasteiger partial charge is 0.141 e. The molecule has 3 aromatic rings. The van der Waals surface area contributed by atoms with Gasteiger partial charge in [-0.05, 0) is 43.7 Å². The SMILES string of the molecule is Cc1ccnc(Nc2cccc(-c3cnc(C(C)N=O)s3)n2)c1. The molecule has 0 fully saturated rings. The maximum atomic E-state index is 10.6. The van der Waals surface area contributed by atoms with Crippen molar-refractivity contribution in [1.82, 2.24) is 15.0 Å². The van der Waals surface area contributed by atoms with Crippen molar-refractivity contribution in [3.63, 3.8) is 0 Å². The number of anilines is 2. The van der Waals surface area contributed by atoms with Crippen molar-refractivity contribution in [1.29, 1.82) is 0 Å². The number of hydrogen-bond acceptors (Lipinski definition) is 7. The molecule has 116 valence electrons. The fourth-order valence-electron chi connectivity index (χ4n) is 2.02. The van der Waals surface area contributed by atoms with Crippen molar-refractivity contribution in [2.24, 2.45) is 5.18 Å². The Balaban J connectivity index is 1.85. The highest BCUT2D eigenvalue weighted by atomic mass is 32.1. The van der Waals surface area contributed by atoms with Crippen LogP contribution in [0.4, 0.5) is 11.6 Å². The van der Waals surface area contributed by atoms with Crippen LogP contribution in [-0.4, -0.2) is 15.0 Å². The summed E-state index contributed by atoms with van der Waals surface area (Å²) in [7, 11) is 0. The number of thiazole rings is 1. The first-order chi connectivity index (χ1) is 11.2. The number of nitrogens with one attached hydrogen (secondary N) is 1. The van der Waals surface area contributed by atoms with E-state index in [1.165, 1.54) is 11.3 Å². The molecule has 0 amide bonds. The van der Waals surface area contributed by atoms with Gasteiger partial charge in [-0.1, -0.05) is 11.2 Å². The summed E-state index contributed by atoms with van der Waals surface area (Å²) in [6.07, 6.45) is 3.48. The topological polar surface area (TPSA) is 80.1 Å². The zero-order valence-electron chi connectivity index (χ0n) is 12.7. The first kappa shape index (κ1) is 15.2. The number of nitroso groups, excluding NO2 is 1. The zero-order chi connectivity index (χ0) is 16.2. The van der Waals surface area contributed by atoms with Gasteiger partial charge in [-0.2, -0.15) is 4.91 Å². The molecule has 7 heteroatoms. The first-order valence-corrected chi connectivity index (χ1v) is 7.92. The third-order valence-electron chi connectivity index (χ3n) is 3.21. The summed E-state index contributed by atoms with van der Waals surface area (Å²) in [5, 5.41) is 6.88. The van der Waals surface area contributed by atoms with Crippen LogP contribution in [0.3, 0.4) is 0 Å². The lowest BCUT2D eigenvalue weighted by molar-refractivity contribution is 0.801. The highest BCUT2D eigenvalue weighted by Gasteiger charge is 2.12. The van der Waals surface area contributed by atoms with Crippen molar-refractivity contribution >= 4 is 23.0 Å². The molecule has 0 spiro atoms. The molecule has 3 aromatic heterocycles. The second-order valence-electron chi connectivity index (χ2n) is 5.10. The van der Waals surface area contributed by atoms with Gasteiger partial charge in [0.1, 0.15) is 22.7 Å². The minimum atomic E-state index is -0.438. The van der Waals surface area contributed by atoms with Crippen molar-refractivity contribution in [2.45, 2.75) is 19.9 Å². The van der Waals surface area contributed by atoms with E-state index in [9.17, 15) is 4.91 Å². The van der Waals surface area contributed by atoms with Crippen LogP contribution in [0.15, 0.2) is 47.9 Å². The minimum absolute atomic E-state index is 0.438. The van der Waals surface area contributed by atoms with E-state index < -0.39 is 6.04 Å². The molecule has 23 heavy (non-hydrogen) atoms. The Bertz CT molecular complexity index is 833. The molecule has 3 heterocycles. The highest BCUT2D eigenvalue weighted by molar-refractivity contribution is 7.15. The average Bonchev–Trinajstić information content (AvgIpc) is 3.04. The summed E-state index contributed by atoms with van der Waals surface area (Å²) in [6.45, 7) is 3.74. The van der Waals surface area contributed by atoms with E-state index in [-0.39, 0.29) is 0 Å². The summed E-state index contributed by atoms with van der Waals surface area (Å²) in [6, 6.07) is 9.16. The van der Waals surface area contributed by atoms with Crippen LogP contribution in [0, 0.1) is 11.8 Å².